The molecular weight excluding hydrogens is 335 g/mol. The summed E-state index contributed by atoms with van der Waals surface area (Å²) in [6.07, 6.45) is 0. The van der Waals surface area contributed by atoms with Gasteiger partial charge in [-0.1, -0.05) is 23.2 Å². The molecule has 0 atom stereocenters. The summed E-state index contributed by atoms with van der Waals surface area (Å²) in [7, 11) is 3.47. The lowest BCUT2D eigenvalue weighted by atomic mass is 10.2. The quantitative estimate of drug-likeness (QED) is 0.851. The minimum atomic E-state index is -0.101. The van der Waals surface area contributed by atoms with Crippen LogP contribution in [0.4, 0.5) is 5.69 Å². The molecule has 0 aliphatic rings. The number of methoxy groups -OCH3 is 1. The number of rotatable bonds is 6. The van der Waals surface area contributed by atoms with Gasteiger partial charge in [0.15, 0.2) is 0 Å². The van der Waals surface area contributed by atoms with Gasteiger partial charge in [0.1, 0.15) is 5.75 Å². The van der Waals surface area contributed by atoms with Crippen LogP contribution in [0.25, 0.3) is 0 Å². The summed E-state index contributed by atoms with van der Waals surface area (Å²) in [5, 5.41) is 4.10. The summed E-state index contributed by atoms with van der Waals surface area (Å²) < 4.78 is 5.31. The van der Waals surface area contributed by atoms with Gasteiger partial charge < -0.3 is 10.1 Å². The molecule has 0 radical (unpaired) electrons. The number of likely N-dealkylation sites (N-methyl/N-ethyl adjacent to an activating group) is 1. The molecule has 0 bridgehead atoms. The first-order chi connectivity index (χ1) is 11.0. The molecule has 122 valence electrons. The Bertz CT molecular complexity index is 675. The van der Waals surface area contributed by atoms with Crippen molar-refractivity contribution in [2.75, 3.05) is 26.0 Å². The number of carbonyl (C=O) groups excluding carboxylic acids is 1. The highest BCUT2D eigenvalue weighted by molar-refractivity contribution is 6.31. The van der Waals surface area contributed by atoms with E-state index in [4.69, 9.17) is 27.9 Å². The smallest absolute Gasteiger partial charge is 0.238 e. The van der Waals surface area contributed by atoms with Crippen molar-refractivity contribution in [1.29, 1.82) is 0 Å². The van der Waals surface area contributed by atoms with Crippen LogP contribution in [-0.4, -0.2) is 31.5 Å². The van der Waals surface area contributed by atoms with Crippen LogP contribution in [0, 0.1) is 0 Å². The monoisotopic (exact) mass is 352 g/mol. The molecule has 0 saturated carbocycles. The van der Waals surface area contributed by atoms with E-state index >= 15 is 0 Å². The number of benzene rings is 2. The van der Waals surface area contributed by atoms with E-state index < -0.39 is 0 Å². The molecule has 23 heavy (non-hydrogen) atoms. The number of anilines is 1. The maximum atomic E-state index is 12.1. The van der Waals surface area contributed by atoms with E-state index in [1.807, 2.05) is 24.1 Å². The zero-order valence-corrected chi connectivity index (χ0v) is 14.5. The fraction of sp³-hybridized carbons (Fsp3) is 0.235. The number of hydrogen-bond acceptors (Lipinski definition) is 3. The lowest BCUT2D eigenvalue weighted by molar-refractivity contribution is -0.117. The molecule has 2 aromatic rings. The van der Waals surface area contributed by atoms with Crippen LogP contribution in [0.5, 0.6) is 5.75 Å². The Morgan fingerprint density at radius 3 is 2.43 bits per heavy atom. The van der Waals surface area contributed by atoms with Gasteiger partial charge in [0.25, 0.3) is 0 Å². The molecule has 6 heteroatoms. The third-order valence-corrected chi connectivity index (χ3v) is 3.71. The summed E-state index contributed by atoms with van der Waals surface area (Å²) in [5.41, 5.74) is 1.65. The van der Waals surface area contributed by atoms with E-state index in [1.165, 1.54) is 0 Å². The molecule has 2 aromatic carbocycles. The summed E-state index contributed by atoms with van der Waals surface area (Å²) >= 11 is 11.8. The highest BCUT2D eigenvalue weighted by Crippen LogP contribution is 2.23. The van der Waals surface area contributed by atoms with Crippen molar-refractivity contribution < 1.29 is 9.53 Å². The van der Waals surface area contributed by atoms with Gasteiger partial charge in [0, 0.05) is 27.8 Å². The van der Waals surface area contributed by atoms with Crippen molar-refractivity contribution in [1.82, 2.24) is 4.90 Å². The molecule has 0 fully saturated rings. The number of ether oxygens (including phenoxy) is 1. The van der Waals surface area contributed by atoms with E-state index in [0.717, 1.165) is 11.3 Å². The summed E-state index contributed by atoms with van der Waals surface area (Å²) in [6.45, 7) is 0.802. The van der Waals surface area contributed by atoms with Crippen molar-refractivity contribution in [2.45, 2.75) is 6.54 Å². The summed E-state index contributed by atoms with van der Waals surface area (Å²) in [5.74, 6) is 0.648. The zero-order valence-electron chi connectivity index (χ0n) is 13.0. The third-order valence-electron chi connectivity index (χ3n) is 3.22. The number of nitrogens with one attached hydrogen (secondary N) is 1. The molecule has 1 N–H and O–H groups in total. The van der Waals surface area contributed by atoms with Gasteiger partial charge in [-0.25, -0.2) is 0 Å². The van der Waals surface area contributed by atoms with Crippen molar-refractivity contribution in [3.8, 4) is 5.75 Å². The van der Waals surface area contributed by atoms with Crippen LogP contribution in [-0.2, 0) is 11.3 Å². The maximum absolute atomic E-state index is 12.1. The molecular formula is C17H18Cl2N2O2. The molecule has 1 amide bonds. The highest BCUT2D eigenvalue weighted by atomic mass is 35.5. The summed E-state index contributed by atoms with van der Waals surface area (Å²) in [6, 6.07) is 12.4. The predicted molar refractivity (Wildman–Crippen MR) is 94.4 cm³/mol. The minimum Gasteiger partial charge on any atom is -0.496 e. The molecule has 0 spiro atoms. The lowest BCUT2D eigenvalue weighted by Gasteiger charge is -2.18. The second-order valence-electron chi connectivity index (χ2n) is 5.18. The number of hydrogen-bond donors (Lipinski definition) is 1. The van der Waals surface area contributed by atoms with Gasteiger partial charge in [-0.2, -0.15) is 0 Å². The molecule has 2 rings (SSSR count). The highest BCUT2D eigenvalue weighted by Gasteiger charge is 2.11. The van der Waals surface area contributed by atoms with Gasteiger partial charge in [-0.05, 0) is 49.5 Å². The fourth-order valence-electron chi connectivity index (χ4n) is 2.20. The number of carbonyl (C=O) groups is 1. The van der Waals surface area contributed by atoms with Crippen molar-refractivity contribution >= 4 is 34.8 Å². The largest absolute Gasteiger partial charge is 0.496 e. The van der Waals surface area contributed by atoms with Crippen molar-refractivity contribution in [3.05, 3.63) is 58.1 Å². The average Bonchev–Trinajstić information content (AvgIpc) is 2.49. The topological polar surface area (TPSA) is 41.6 Å². The van der Waals surface area contributed by atoms with E-state index in [0.29, 0.717) is 22.3 Å². The zero-order chi connectivity index (χ0) is 16.8. The van der Waals surface area contributed by atoms with Crippen molar-refractivity contribution in [3.63, 3.8) is 0 Å². The molecule has 0 saturated heterocycles. The maximum Gasteiger partial charge on any atom is 0.238 e. The first-order valence-electron chi connectivity index (χ1n) is 7.04. The van der Waals surface area contributed by atoms with Gasteiger partial charge in [0.05, 0.1) is 13.7 Å². The van der Waals surface area contributed by atoms with E-state index in [9.17, 15) is 4.79 Å². The van der Waals surface area contributed by atoms with Gasteiger partial charge in [0.2, 0.25) is 5.91 Å². The van der Waals surface area contributed by atoms with Crippen molar-refractivity contribution in [2.24, 2.45) is 0 Å². The number of amides is 1. The Morgan fingerprint density at radius 2 is 1.78 bits per heavy atom. The first kappa shape index (κ1) is 17.6. The Morgan fingerprint density at radius 1 is 1.13 bits per heavy atom. The van der Waals surface area contributed by atoms with Gasteiger partial charge in [-0.15, -0.1) is 0 Å². The second kappa shape index (κ2) is 8.20. The van der Waals surface area contributed by atoms with Gasteiger partial charge >= 0.3 is 0 Å². The normalized spacial score (nSPS) is 10.7. The predicted octanol–water partition coefficient (Wildman–Crippen LogP) is 4.07. The fourth-order valence-corrected chi connectivity index (χ4v) is 2.52. The van der Waals surface area contributed by atoms with Crippen LogP contribution in [0.15, 0.2) is 42.5 Å². The van der Waals surface area contributed by atoms with Gasteiger partial charge in [-0.3, -0.25) is 9.69 Å². The molecule has 4 nitrogen and oxygen atoms in total. The molecule has 0 unspecified atom stereocenters. The minimum absolute atomic E-state index is 0.101. The van der Waals surface area contributed by atoms with Crippen LogP contribution < -0.4 is 10.1 Å². The lowest BCUT2D eigenvalue weighted by Crippen LogP contribution is -2.29. The molecule has 0 aromatic heterocycles. The molecule has 0 aliphatic heterocycles. The summed E-state index contributed by atoms with van der Waals surface area (Å²) in [4.78, 5) is 14.0. The first-order valence-corrected chi connectivity index (χ1v) is 7.80. The standard InChI is InChI=1S/C17H18Cl2N2O2/c1-21(10-12-9-14(19)5-8-16(12)23-2)11-17(22)20-15-6-3-13(18)4-7-15/h3-9H,10-11H2,1-2H3,(H,20,22). The van der Waals surface area contributed by atoms with E-state index in [1.54, 1.807) is 37.4 Å². The Balaban J connectivity index is 1.93. The Labute approximate surface area is 146 Å². The van der Waals surface area contributed by atoms with E-state index in [2.05, 4.69) is 5.32 Å². The third kappa shape index (κ3) is 5.43. The van der Waals surface area contributed by atoms with E-state index in [-0.39, 0.29) is 12.5 Å². The molecule has 0 heterocycles. The second-order valence-corrected chi connectivity index (χ2v) is 6.06. The SMILES string of the molecule is COc1ccc(Cl)cc1CN(C)CC(=O)Nc1ccc(Cl)cc1. The number of nitrogens with zero attached hydrogens (tertiary/aromatic N) is 1. The van der Waals surface area contributed by atoms with Crippen LogP contribution in [0.3, 0.4) is 0 Å². The van der Waals surface area contributed by atoms with Crippen LogP contribution in [0.2, 0.25) is 10.0 Å². The van der Waals surface area contributed by atoms with Crippen LogP contribution >= 0.6 is 23.2 Å². The Hall–Kier alpha value is -1.75. The Kier molecular flexibility index (Phi) is 6.28. The number of halogens is 2. The average molecular weight is 353 g/mol. The molecule has 0 aliphatic carbocycles. The van der Waals surface area contributed by atoms with Crippen LogP contribution in [0.1, 0.15) is 5.56 Å².